The van der Waals surface area contributed by atoms with Crippen LogP contribution in [0.15, 0.2) is 77.2 Å². The summed E-state index contributed by atoms with van der Waals surface area (Å²) >= 11 is 0. The summed E-state index contributed by atoms with van der Waals surface area (Å²) in [5.74, 6) is 1.26. The van der Waals surface area contributed by atoms with Crippen molar-refractivity contribution in [1.82, 2.24) is 10.3 Å². The van der Waals surface area contributed by atoms with Crippen molar-refractivity contribution in [3.8, 4) is 23.0 Å². The zero-order valence-corrected chi connectivity index (χ0v) is 21.4. The highest BCUT2D eigenvalue weighted by molar-refractivity contribution is 5.96. The number of methoxy groups -OCH3 is 1. The van der Waals surface area contributed by atoms with Gasteiger partial charge in [0.25, 0.3) is 5.91 Å². The summed E-state index contributed by atoms with van der Waals surface area (Å²) in [7, 11) is 1.51. The molecule has 1 amide bonds. The van der Waals surface area contributed by atoms with Crippen LogP contribution >= 0.6 is 0 Å². The minimum Gasteiger partial charge on any atom is -0.496 e. The molecule has 4 rings (SSSR count). The van der Waals surface area contributed by atoms with Crippen LogP contribution in [0.25, 0.3) is 11.5 Å². The maximum Gasteiger partial charge on any atom is 0.303 e. The molecule has 0 atom stereocenters. The zero-order valence-electron chi connectivity index (χ0n) is 21.4. The molecule has 0 unspecified atom stereocenters. The Morgan fingerprint density at radius 3 is 2.50 bits per heavy atom. The molecule has 0 spiro atoms. The Morgan fingerprint density at radius 1 is 0.974 bits per heavy atom. The second-order valence-electron chi connectivity index (χ2n) is 8.69. The topological polar surface area (TPSA) is 111 Å². The Bertz CT molecular complexity index is 1400. The predicted molar refractivity (Wildman–Crippen MR) is 142 cm³/mol. The minimum atomic E-state index is -0.882. The second-order valence-corrected chi connectivity index (χ2v) is 8.69. The maximum atomic E-state index is 12.8. The van der Waals surface area contributed by atoms with Gasteiger partial charge < -0.3 is 24.3 Å². The number of carbonyl (C=O) groups is 2. The number of nitrogens with zero attached hydrogens (tertiary/aromatic N) is 1. The molecule has 1 heterocycles. The fourth-order valence-corrected chi connectivity index (χ4v) is 4.07. The summed E-state index contributed by atoms with van der Waals surface area (Å²) in [4.78, 5) is 28.6. The number of ether oxygens (including phenoxy) is 2. The third kappa shape index (κ3) is 6.79. The van der Waals surface area contributed by atoms with Crippen LogP contribution < -0.4 is 14.8 Å². The van der Waals surface area contributed by atoms with Crippen molar-refractivity contribution in [3.63, 3.8) is 0 Å². The molecular formula is C30H30N2O6. The molecule has 196 valence electrons. The van der Waals surface area contributed by atoms with Gasteiger partial charge in [-0.2, -0.15) is 0 Å². The van der Waals surface area contributed by atoms with Gasteiger partial charge in [-0.25, -0.2) is 4.98 Å². The van der Waals surface area contributed by atoms with Crippen LogP contribution in [0, 0.1) is 6.92 Å². The Labute approximate surface area is 221 Å². The van der Waals surface area contributed by atoms with Gasteiger partial charge in [0.2, 0.25) is 5.89 Å². The molecule has 2 N–H and O–H groups in total. The zero-order chi connectivity index (χ0) is 26.9. The lowest BCUT2D eigenvalue weighted by Crippen LogP contribution is -2.24. The molecule has 8 heteroatoms. The Kier molecular flexibility index (Phi) is 8.77. The summed E-state index contributed by atoms with van der Waals surface area (Å²) in [6, 6.07) is 22.2. The van der Waals surface area contributed by atoms with E-state index in [-0.39, 0.29) is 18.9 Å². The third-order valence-corrected chi connectivity index (χ3v) is 6.10. The number of carboxylic acids is 1. The van der Waals surface area contributed by atoms with E-state index < -0.39 is 5.97 Å². The highest BCUT2D eigenvalue weighted by Gasteiger charge is 2.14. The summed E-state index contributed by atoms with van der Waals surface area (Å²) in [5.41, 5.74) is 3.79. The number of carbonyl (C=O) groups excluding carboxylic acids is 1. The number of amides is 1. The highest BCUT2D eigenvalue weighted by atomic mass is 16.5. The van der Waals surface area contributed by atoms with E-state index in [9.17, 15) is 9.59 Å². The number of benzene rings is 3. The van der Waals surface area contributed by atoms with Crippen LogP contribution in [0.5, 0.6) is 11.5 Å². The van der Waals surface area contributed by atoms with Crippen LogP contribution in [0.2, 0.25) is 0 Å². The van der Waals surface area contributed by atoms with Crippen molar-refractivity contribution >= 4 is 11.9 Å². The number of aromatic nitrogens is 1. The van der Waals surface area contributed by atoms with Crippen LogP contribution in [0.3, 0.4) is 0 Å². The lowest BCUT2D eigenvalue weighted by molar-refractivity contribution is -0.136. The summed E-state index contributed by atoms with van der Waals surface area (Å²) in [6.45, 7) is 2.48. The van der Waals surface area contributed by atoms with Crippen LogP contribution in [-0.4, -0.2) is 35.7 Å². The first-order valence-electron chi connectivity index (χ1n) is 12.3. The van der Waals surface area contributed by atoms with E-state index >= 15 is 0 Å². The summed E-state index contributed by atoms with van der Waals surface area (Å²) in [5, 5.41) is 12.1. The number of para-hydroxylation sites is 1. The Morgan fingerprint density at radius 2 is 1.74 bits per heavy atom. The van der Waals surface area contributed by atoms with Crippen molar-refractivity contribution in [1.29, 1.82) is 0 Å². The number of hydrogen-bond donors (Lipinski definition) is 2. The van der Waals surface area contributed by atoms with Gasteiger partial charge in [-0.15, -0.1) is 0 Å². The molecule has 0 radical (unpaired) electrons. The van der Waals surface area contributed by atoms with E-state index in [0.717, 1.165) is 28.1 Å². The Hall–Kier alpha value is -4.59. The second kappa shape index (κ2) is 12.6. The van der Waals surface area contributed by atoms with Gasteiger partial charge in [0.1, 0.15) is 17.3 Å². The van der Waals surface area contributed by atoms with Gasteiger partial charge in [-0.3, -0.25) is 9.59 Å². The van der Waals surface area contributed by atoms with Crippen molar-refractivity contribution in [3.05, 3.63) is 101 Å². The molecule has 4 aromatic rings. The van der Waals surface area contributed by atoms with Crippen molar-refractivity contribution in [2.45, 2.75) is 32.7 Å². The van der Waals surface area contributed by atoms with E-state index in [1.165, 1.54) is 7.11 Å². The average Bonchev–Trinajstić information content (AvgIpc) is 3.31. The van der Waals surface area contributed by atoms with Gasteiger partial charge in [-0.05, 0) is 60.9 Å². The largest absolute Gasteiger partial charge is 0.496 e. The predicted octanol–water partition coefficient (Wildman–Crippen LogP) is 5.23. The first-order chi connectivity index (χ1) is 18.4. The van der Waals surface area contributed by atoms with E-state index in [1.807, 2.05) is 55.5 Å². The smallest absolute Gasteiger partial charge is 0.303 e. The normalized spacial score (nSPS) is 10.7. The molecule has 0 aliphatic heterocycles. The number of carboxylic acid groups (broad SMARTS) is 1. The fraction of sp³-hybridized carbons (Fsp3) is 0.233. The third-order valence-electron chi connectivity index (χ3n) is 6.10. The molecule has 0 aliphatic rings. The maximum absolute atomic E-state index is 12.8. The average molecular weight is 515 g/mol. The summed E-state index contributed by atoms with van der Waals surface area (Å²) < 4.78 is 17.1. The number of aryl methyl sites for hydroxylation is 2. The molecule has 3 aromatic carbocycles. The molecule has 0 saturated heterocycles. The molecule has 0 fully saturated rings. The molecule has 0 saturated carbocycles. The molecule has 0 aliphatic carbocycles. The van der Waals surface area contributed by atoms with Crippen LogP contribution in [0.4, 0.5) is 0 Å². The number of rotatable bonds is 12. The van der Waals surface area contributed by atoms with Crippen molar-refractivity contribution in [2.24, 2.45) is 0 Å². The quantitative estimate of drug-likeness (QED) is 0.266. The molecule has 1 aromatic heterocycles. The van der Waals surface area contributed by atoms with Crippen LogP contribution in [0.1, 0.15) is 39.4 Å². The number of oxazole rings is 1. The molecule has 8 nitrogen and oxygen atoms in total. The van der Waals surface area contributed by atoms with E-state index in [2.05, 4.69) is 10.3 Å². The number of nitrogens with one attached hydrogen (secondary N) is 1. The first-order valence-corrected chi connectivity index (χ1v) is 12.3. The van der Waals surface area contributed by atoms with Crippen molar-refractivity contribution in [2.75, 3.05) is 13.7 Å². The first kappa shape index (κ1) is 26.5. The number of hydrogen-bond acceptors (Lipinski definition) is 6. The lowest BCUT2D eigenvalue weighted by atomic mass is 10.0. The van der Waals surface area contributed by atoms with E-state index in [0.29, 0.717) is 42.4 Å². The SMILES string of the molecule is COc1ccccc1C(=O)NCc1cc(OCCc2nc(-c3ccccc3)oc2C)ccc1CCC(=O)O. The Balaban J connectivity index is 1.43. The van der Waals surface area contributed by atoms with Gasteiger partial charge >= 0.3 is 5.97 Å². The van der Waals surface area contributed by atoms with Gasteiger partial charge in [0, 0.05) is 24.9 Å². The summed E-state index contributed by atoms with van der Waals surface area (Å²) in [6.07, 6.45) is 0.890. The highest BCUT2D eigenvalue weighted by Crippen LogP contribution is 2.24. The standard InChI is InChI=1S/C30H30N2O6/c1-20-26(32-30(38-20)22-8-4-3-5-9-22)16-17-37-24-14-12-21(13-15-28(33)34)23(18-24)19-31-29(35)25-10-6-7-11-27(25)36-2/h3-12,14,18H,13,15-17,19H2,1-2H3,(H,31,35)(H,33,34). The molecule has 38 heavy (non-hydrogen) atoms. The molecular weight excluding hydrogens is 484 g/mol. The van der Waals surface area contributed by atoms with Crippen LogP contribution in [-0.2, 0) is 24.2 Å². The van der Waals surface area contributed by atoms with Gasteiger partial charge in [-0.1, -0.05) is 36.4 Å². The van der Waals surface area contributed by atoms with Crippen molar-refractivity contribution < 1.29 is 28.6 Å². The van der Waals surface area contributed by atoms with E-state index in [4.69, 9.17) is 19.0 Å². The van der Waals surface area contributed by atoms with E-state index in [1.54, 1.807) is 24.3 Å². The monoisotopic (exact) mass is 514 g/mol. The minimum absolute atomic E-state index is 0.0111. The fourth-order valence-electron chi connectivity index (χ4n) is 4.07. The lowest BCUT2D eigenvalue weighted by Gasteiger charge is -2.14. The molecule has 0 bridgehead atoms. The van der Waals surface area contributed by atoms with Gasteiger partial charge in [0.15, 0.2) is 0 Å². The number of aliphatic carboxylic acids is 1. The van der Waals surface area contributed by atoms with Gasteiger partial charge in [0.05, 0.1) is 25.0 Å².